The topological polar surface area (TPSA) is 29.1 Å². The quantitative estimate of drug-likeness (QED) is 0.831. The summed E-state index contributed by atoms with van der Waals surface area (Å²) in [5.74, 6) is 1.43. The average Bonchev–Trinajstić information content (AvgIpc) is 2.37. The molecule has 3 unspecified atom stereocenters. The van der Waals surface area contributed by atoms with Crippen LogP contribution in [0.1, 0.15) is 43.5 Å². The number of carbonyl (C=O) groups excluding carboxylic acids is 1. The van der Waals surface area contributed by atoms with Crippen molar-refractivity contribution in [3.8, 4) is 0 Å². The molecule has 1 N–H and O–H groups in total. The van der Waals surface area contributed by atoms with E-state index in [0.717, 1.165) is 23.2 Å². The maximum Gasteiger partial charge on any atom is 0.251 e. The maximum atomic E-state index is 12.2. The van der Waals surface area contributed by atoms with Gasteiger partial charge in [-0.1, -0.05) is 25.4 Å². The number of hydrogen-bond donors (Lipinski definition) is 1. The molecule has 2 rings (SSSR count). The Bertz CT molecular complexity index is 477. The van der Waals surface area contributed by atoms with Gasteiger partial charge in [-0.15, -0.1) is 0 Å². The molecule has 4 heteroatoms. The predicted molar refractivity (Wildman–Crippen MR) is 82.6 cm³/mol. The van der Waals surface area contributed by atoms with Gasteiger partial charge >= 0.3 is 0 Å². The summed E-state index contributed by atoms with van der Waals surface area (Å²) >= 11 is 9.28. The van der Waals surface area contributed by atoms with Crippen LogP contribution in [0.15, 0.2) is 22.7 Å². The van der Waals surface area contributed by atoms with Crippen LogP contribution in [0.25, 0.3) is 0 Å². The lowest BCUT2D eigenvalue weighted by Gasteiger charge is -2.32. The second-order valence-electron chi connectivity index (χ2n) is 5.57. The van der Waals surface area contributed by atoms with Crippen molar-refractivity contribution in [1.82, 2.24) is 5.32 Å². The minimum absolute atomic E-state index is 0.0101. The highest BCUT2D eigenvalue weighted by atomic mass is 79.9. The first-order valence-electron chi connectivity index (χ1n) is 6.73. The van der Waals surface area contributed by atoms with Gasteiger partial charge in [-0.05, 0) is 65.2 Å². The average molecular weight is 345 g/mol. The van der Waals surface area contributed by atoms with Gasteiger partial charge in [0.1, 0.15) is 0 Å². The van der Waals surface area contributed by atoms with Crippen LogP contribution in [0.2, 0.25) is 5.02 Å². The molecule has 0 saturated heterocycles. The van der Waals surface area contributed by atoms with E-state index < -0.39 is 0 Å². The van der Waals surface area contributed by atoms with Crippen molar-refractivity contribution in [2.24, 2.45) is 11.8 Å². The summed E-state index contributed by atoms with van der Waals surface area (Å²) in [6, 6.07) is 5.57. The molecular formula is C15H19BrClNO. The van der Waals surface area contributed by atoms with E-state index in [-0.39, 0.29) is 5.91 Å². The summed E-state index contributed by atoms with van der Waals surface area (Å²) in [4.78, 5) is 12.2. The van der Waals surface area contributed by atoms with Crippen LogP contribution in [0.3, 0.4) is 0 Å². The highest BCUT2D eigenvalue weighted by molar-refractivity contribution is 9.10. The van der Waals surface area contributed by atoms with Gasteiger partial charge in [-0.2, -0.15) is 0 Å². The molecule has 2 nitrogen and oxygen atoms in total. The Morgan fingerprint density at radius 3 is 2.68 bits per heavy atom. The third-order valence-corrected chi connectivity index (χ3v) is 5.33. The standard InChI is InChI=1S/C15H19BrClNO/c1-9-3-5-12(7-10(9)2)18-15(19)11-4-6-14(17)13(16)8-11/h4,6,8-10,12H,3,5,7H2,1-2H3,(H,18,19). The second kappa shape index (κ2) is 6.27. The lowest BCUT2D eigenvalue weighted by atomic mass is 9.79. The first kappa shape index (κ1) is 14.9. The van der Waals surface area contributed by atoms with Gasteiger partial charge in [0.2, 0.25) is 0 Å². The summed E-state index contributed by atoms with van der Waals surface area (Å²) in [5, 5.41) is 3.75. The lowest BCUT2D eigenvalue weighted by molar-refractivity contribution is 0.0910. The van der Waals surface area contributed by atoms with Gasteiger partial charge in [0, 0.05) is 16.1 Å². The molecule has 1 fully saturated rings. The van der Waals surface area contributed by atoms with Crippen molar-refractivity contribution in [3.05, 3.63) is 33.3 Å². The maximum absolute atomic E-state index is 12.2. The van der Waals surface area contributed by atoms with Gasteiger partial charge in [0.25, 0.3) is 5.91 Å². The van der Waals surface area contributed by atoms with Crippen molar-refractivity contribution in [1.29, 1.82) is 0 Å². The summed E-state index contributed by atoms with van der Waals surface area (Å²) in [5.41, 5.74) is 0.655. The molecule has 1 aliphatic carbocycles. The Morgan fingerprint density at radius 2 is 2.05 bits per heavy atom. The molecule has 0 aromatic heterocycles. The number of benzene rings is 1. The number of carbonyl (C=O) groups is 1. The Morgan fingerprint density at radius 1 is 1.32 bits per heavy atom. The van der Waals surface area contributed by atoms with Crippen molar-refractivity contribution >= 4 is 33.4 Å². The van der Waals surface area contributed by atoms with E-state index in [4.69, 9.17) is 11.6 Å². The Kier molecular flexibility index (Phi) is 4.91. The van der Waals surface area contributed by atoms with Gasteiger partial charge in [0.05, 0.1) is 5.02 Å². The molecule has 1 amide bonds. The summed E-state index contributed by atoms with van der Waals surface area (Å²) in [6.45, 7) is 4.56. The number of amides is 1. The Labute approximate surface area is 128 Å². The minimum atomic E-state index is -0.0101. The van der Waals surface area contributed by atoms with Gasteiger partial charge < -0.3 is 5.32 Å². The molecule has 0 bridgehead atoms. The summed E-state index contributed by atoms with van der Waals surface area (Å²) in [6.07, 6.45) is 3.34. The van der Waals surface area contributed by atoms with E-state index >= 15 is 0 Å². The molecule has 0 heterocycles. The first-order valence-corrected chi connectivity index (χ1v) is 7.90. The van der Waals surface area contributed by atoms with E-state index in [1.165, 1.54) is 6.42 Å². The zero-order valence-corrected chi connectivity index (χ0v) is 13.6. The largest absolute Gasteiger partial charge is 0.349 e. The SMILES string of the molecule is CC1CCC(NC(=O)c2ccc(Cl)c(Br)c2)CC1C. The van der Waals surface area contributed by atoms with Crippen LogP contribution in [0, 0.1) is 11.8 Å². The third kappa shape index (κ3) is 3.73. The van der Waals surface area contributed by atoms with Gasteiger partial charge in [0.15, 0.2) is 0 Å². The van der Waals surface area contributed by atoms with Crippen LogP contribution < -0.4 is 5.32 Å². The molecule has 1 saturated carbocycles. The normalized spacial score (nSPS) is 27.1. The van der Waals surface area contributed by atoms with E-state index in [1.807, 2.05) is 0 Å². The van der Waals surface area contributed by atoms with E-state index in [1.54, 1.807) is 18.2 Å². The monoisotopic (exact) mass is 343 g/mol. The summed E-state index contributed by atoms with van der Waals surface area (Å²) < 4.78 is 0.757. The van der Waals surface area contributed by atoms with Gasteiger partial charge in [-0.25, -0.2) is 0 Å². The van der Waals surface area contributed by atoms with Crippen LogP contribution in [0.4, 0.5) is 0 Å². The minimum Gasteiger partial charge on any atom is -0.349 e. The van der Waals surface area contributed by atoms with Crippen LogP contribution in [0.5, 0.6) is 0 Å². The fourth-order valence-electron chi connectivity index (χ4n) is 2.58. The zero-order chi connectivity index (χ0) is 14.0. The Balaban J connectivity index is 1.99. The fourth-order valence-corrected chi connectivity index (χ4v) is 3.08. The van der Waals surface area contributed by atoms with Gasteiger partial charge in [-0.3, -0.25) is 4.79 Å². The molecule has 0 spiro atoms. The Hall–Kier alpha value is -0.540. The van der Waals surface area contributed by atoms with Crippen molar-refractivity contribution < 1.29 is 4.79 Å². The number of hydrogen-bond acceptors (Lipinski definition) is 1. The summed E-state index contributed by atoms with van der Waals surface area (Å²) in [7, 11) is 0. The van der Waals surface area contributed by atoms with Crippen molar-refractivity contribution in [3.63, 3.8) is 0 Å². The van der Waals surface area contributed by atoms with E-state index in [9.17, 15) is 4.79 Å². The molecular weight excluding hydrogens is 326 g/mol. The second-order valence-corrected chi connectivity index (χ2v) is 6.83. The van der Waals surface area contributed by atoms with E-state index in [2.05, 4.69) is 35.1 Å². The zero-order valence-electron chi connectivity index (χ0n) is 11.2. The highest BCUT2D eigenvalue weighted by Crippen LogP contribution is 2.29. The third-order valence-electron chi connectivity index (χ3n) is 4.12. The van der Waals surface area contributed by atoms with Crippen molar-refractivity contribution in [2.45, 2.75) is 39.2 Å². The first-order chi connectivity index (χ1) is 8.97. The van der Waals surface area contributed by atoms with Crippen LogP contribution in [-0.4, -0.2) is 11.9 Å². The number of nitrogens with one attached hydrogen (secondary N) is 1. The molecule has 3 atom stereocenters. The molecule has 1 aromatic carbocycles. The molecule has 0 radical (unpaired) electrons. The predicted octanol–water partition coefficient (Wildman–Crippen LogP) is 4.66. The molecule has 0 aliphatic heterocycles. The number of rotatable bonds is 2. The smallest absolute Gasteiger partial charge is 0.251 e. The fraction of sp³-hybridized carbons (Fsp3) is 0.533. The highest BCUT2D eigenvalue weighted by Gasteiger charge is 2.25. The number of halogens is 2. The molecule has 19 heavy (non-hydrogen) atoms. The van der Waals surface area contributed by atoms with Crippen LogP contribution >= 0.6 is 27.5 Å². The van der Waals surface area contributed by atoms with Crippen molar-refractivity contribution in [2.75, 3.05) is 0 Å². The van der Waals surface area contributed by atoms with E-state index in [0.29, 0.717) is 22.5 Å². The van der Waals surface area contributed by atoms with Crippen LogP contribution in [-0.2, 0) is 0 Å². The lowest BCUT2D eigenvalue weighted by Crippen LogP contribution is -2.39. The molecule has 1 aliphatic rings. The molecule has 1 aromatic rings. The molecule has 104 valence electrons.